The average molecular weight is 303 g/mol. The van der Waals surface area contributed by atoms with Gasteiger partial charge in [0.25, 0.3) is 0 Å². The Morgan fingerprint density at radius 3 is 2.48 bits per heavy atom. The standard InChI is InChI=1S/C21H21NO/c23-21(19-10-9-16-5-1-3-7-18(16)13-19)15-22-12-11-17-6-2-4-8-20(17)14-22/h1-10,13,21,23H,11-12,14-15H2/t21-/m1/s1. The number of rotatable bonds is 3. The largest absolute Gasteiger partial charge is 0.387 e. The highest BCUT2D eigenvalue weighted by Crippen LogP contribution is 2.24. The zero-order chi connectivity index (χ0) is 15.6. The van der Waals surface area contributed by atoms with E-state index in [2.05, 4.69) is 53.4 Å². The van der Waals surface area contributed by atoms with Crippen LogP contribution < -0.4 is 0 Å². The van der Waals surface area contributed by atoms with Gasteiger partial charge in [0.2, 0.25) is 0 Å². The summed E-state index contributed by atoms with van der Waals surface area (Å²) in [6.45, 7) is 2.63. The molecule has 0 radical (unpaired) electrons. The van der Waals surface area contributed by atoms with Gasteiger partial charge >= 0.3 is 0 Å². The van der Waals surface area contributed by atoms with Gasteiger partial charge in [0.05, 0.1) is 6.10 Å². The summed E-state index contributed by atoms with van der Waals surface area (Å²) in [6.07, 6.45) is 0.630. The van der Waals surface area contributed by atoms with Crippen LogP contribution in [0.2, 0.25) is 0 Å². The maximum absolute atomic E-state index is 10.6. The van der Waals surface area contributed by atoms with Crippen molar-refractivity contribution in [3.8, 4) is 0 Å². The van der Waals surface area contributed by atoms with Crippen LogP contribution in [0.1, 0.15) is 22.8 Å². The molecule has 1 atom stereocenters. The zero-order valence-electron chi connectivity index (χ0n) is 13.2. The van der Waals surface area contributed by atoms with Gasteiger partial charge in [-0.3, -0.25) is 4.90 Å². The second kappa shape index (κ2) is 6.15. The van der Waals surface area contributed by atoms with Crippen LogP contribution in [0.4, 0.5) is 0 Å². The molecule has 1 heterocycles. The molecule has 0 saturated carbocycles. The number of hydrogen-bond acceptors (Lipinski definition) is 2. The van der Waals surface area contributed by atoms with E-state index in [1.807, 2.05) is 18.2 Å². The lowest BCUT2D eigenvalue weighted by atomic mass is 9.98. The van der Waals surface area contributed by atoms with Gasteiger partial charge in [0, 0.05) is 19.6 Å². The number of hydrogen-bond donors (Lipinski definition) is 1. The number of aliphatic hydroxyl groups excluding tert-OH is 1. The van der Waals surface area contributed by atoms with Crippen LogP contribution >= 0.6 is 0 Å². The Hall–Kier alpha value is -2.16. The normalized spacial score (nSPS) is 16.2. The Kier molecular flexibility index (Phi) is 3.86. The lowest BCUT2D eigenvalue weighted by Crippen LogP contribution is -2.33. The van der Waals surface area contributed by atoms with Crippen molar-refractivity contribution in [1.29, 1.82) is 0 Å². The summed E-state index contributed by atoms with van der Waals surface area (Å²) in [5.74, 6) is 0. The molecule has 1 aliphatic heterocycles. The molecule has 2 nitrogen and oxygen atoms in total. The third kappa shape index (κ3) is 3.00. The Morgan fingerprint density at radius 1 is 0.870 bits per heavy atom. The number of β-amino-alcohol motifs (C(OH)–C–C–N with tert-alkyl or cyclic N) is 1. The molecule has 1 N–H and O–H groups in total. The Labute approximate surface area is 137 Å². The quantitative estimate of drug-likeness (QED) is 0.792. The lowest BCUT2D eigenvalue weighted by molar-refractivity contribution is 0.106. The van der Waals surface area contributed by atoms with Gasteiger partial charge in [-0.15, -0.1) is 0 Å². The van der Waals surface area contributed by atoms with Crippen molar-refractivity contribution in [2.45, 2.75) is 19.1 Å². The molecule has 0 aliphatic carbocycles. The number of benzene rings is 3. The number of aliphatic hydroxyl groups is 1. The minimum Gasteiger partial charge on any atom is -0.387 e. The minimum absolute atomic E-state index is 0.440. The van der Waals surface area contributed by atoms with Gasteiger partial charge < -0.3 is 5.11 Å². The third-order valence-corrected chi connectivity index (χ3v) is 4.80. The third-order valence-electron chi connectivity index (χ3n) is 4.80. The van der Waals surface area contributed by atoms with Crippen LogP contribution in [-0.2, 0) is 13.0 Å². The van der Waals surface area contributed by atoms with E-state index in [1.54, 1.807) is 0 Å². The van der Waals surface area contributed by atoms with Gasteiger partial charge in [0.1, 0.15) is 0 Å². The molecule has 0 aromatic heterocycles. The molecule has 0 amide bonds. The fourth-order valence-electron chi connectivity index (χ4n) is 3.48. The molecule has 3 aromatic carbocycles. The molecule has 23 heavy (non-hydrogen) atoms. The van der Waals surface area contributed by atoms with Gasteiger partial charge in [0.15, 0.2) is 0 Å². The molecule has 4 rings (SSSR count). The van der Waals surface area contributed by atoms with Crippen molar-refractivity contribution in [3.63, 3.8) is 0 Å². The zero-order valence-corrected chi connectivity index (χ0v) is 13.2. The van der Waals surface area contributed by atoms with Crippen LogP contribution in [-0.4, -0.2) is 23.1 Å². The summed E-state index contributed by atoms with van der Waals surface area (Å²) < 4.78 is 0. The first kappa shape index (κ1) is 14.4. The van der Waals surface area contributed by atoms with Crippen molar-refractivity contribution >= 4 is 10.8 Å². The van der Waals surface area contributed by atoms with Gasteiger partial charge in [-0.2, -0.15) is 0 Å². The molecule has 2 heteroatoms. The van der Waals surface area contributed by atoms with Crippen molar-refractivity contribution < 1.29 is 5.11 Å². The van der Waals surface area contributed by atoms with Gasteiger partial charge in [-0.25, -0.2) is 0 Å². The monoisotopic (exact) mass is 303 g/mol. The Balaban J connectivity index is 1.50. The number of fused-ring (bicyclic) bond motifs is 2. The molecular formula is C21H21NO. The lowest BCUT2D eigenvalue weighted by Gasteiger charge is -2.30. The summed E-state index contributed by atoms with van der Waals surface area (Å²) in [6, 6.07) is 23.2. The average Bonchev–Trinajstić information content (AvgIpc) is 2.61. The molecule has 0 bridgehead atoms. The van der Waals surface area contributed by atoms with E-state index in [9.17, 15) is 5.11 Å². The molecular weight excluding hydrogens is 282 g/mol. The molecule has 0 saturated heterocycles. The Morgan fingerprint density at radius 2 is 1.61 bits per heavy atom. The van der Waals surface area contributed by atoms with E-state index in [0.717, 1.165) is 25.1 Å². The van der Waals surface area contributed by atoms with Crippen molar-refractivity contribution in [2.24, 2.45) is 0 Å². The molecule has 116 valence electrons. The molecule has 1 aliphatic rings. The van der Waals surface area contributed by atoms with Crippen molar-refractivity contribution in [3.05, 3.63) is 83.4 Å². The predicted octanol–water partition coefficient (Wildman–Crippen LogP) is 3.93. The topological polar surface area (TPSA) is 23.5 Å². The second-order valence-electron chi connectivity index (χ2n) is 6.38. The van der Waals surface area contributed by atoms with Crippen LogP contribution in [0.15, 0.2) is 66.7 Å². The van der Waals surface area contributed by atoms with Crippen molar-refractivity contribution in [1.82, 2.24) is 4.90 Å². The smallest absolute Gasteiger partial charge is 0.0917 e. The van der Waals surface area contributed by atoms with Gasteiger partial charge in [-0.05, 0) is 39.9 Å². The fraction of sp³-hybridized carbons (Fsp3) is 0.238. The highest BCUT2D eigenvalue weighted by molar-refractivity contribution is 5.83. The molecule has 0 unspecified atom stereocenters. The summed E-state index contributed by atoms with van der Waals surface area (Å²) in [5.41, 5.74) is 3.84. The molecule has 0 spiro atoms. The Bertz CT molecular complexity index is 827. The van der Waals surface area contributed by atoms with Gasteiger partial charge in [-0.1, -0.05) is 60.7 Å². The van der Waals surface area contributed by atoms with Crippen LogP contribution in [0, 0.1) is 0 Å². The first-order valence-electron chi connectivity index (χ1n) is 8.25. The van der Waals surface area contributed by atoms with E-state index in [4.69, 9.17) is 0 Å². The van der Waals surface area contributed by atoms with E-state index in [-0.39, 0.29) is 0 Å². The van der Waals surface area contributed by atoms with E-state index in [0.29, 0.717) is 6.54 Å². The van der Waals surface area contributed by atoms with Crippen LogP contribution in [0.3, 0.4) is 0 Å². The maximum atomic E-state index is 10.6. The highest BCUT2D eigenvalue weighted by atomic mass is 16.3. The van der Waals surface area contributed by atoms with Crippen LogP contribution in [0.5, 0.6) is 0 Å². The van der Waals surface area contributed by atoms with Crippen LogP contribution in [0.25, 0.3) is 10.8 Å². The summed E-state index contributed by atoms with van der Waals surface area (Å²) in [4.78, 5) is 2.35. The maximum Gasteiger partial charge on any atom is 0.0917 e. The first-order valence-corrected chi connectivity index (χ1v) is 8.25. The highest BCUT2D eigenvalue weighted by Gasteiger charge is 2.19. The molecule has 0 fully saturated rings. The molecule has 3 aromatic rings. The summed E-state index contributed by atoms with van der Waals surface area (Å²) >= 11 is 0. The first-order chi connectivity index (χ1) is 11.3. The second-order valence-corrected chi connectivity index (χ2v) is 6.38. The number of nitrogens with zero attached hydrogens (tertiary/aromatic N) is 1. The van der Waals surface area contributed by atoms with Crippen molar-refractivity contribution in [2.75, 3.05) is 13.1 Å². The summed E-state index contributed by atoms with van der Waals surface area (Å²) in [5, 5.41) is 13.0. The summed E-state index contributed by atoms with van der Waals surface area (Å²) in [7, 11) is 0. The SMILES string of the molecule is O[C@H](CN1CCc2ccccc2C1)c1ccc2ccccc2c1. The van der Waals surface area contributed by atoms with E-state index in [1.165, 1.54) is 21.9 Å². The predicted molar refractivity (Wildman–Crippen MR) is 94.3 cm³/mol. The van der Waals surface area contributed by atoms with E-state index >= 15 is 0 Å². The fourth-order valence-corrected chi connectivity index (χ4v) is 3.48. The van der Waals surface area contributed by atoms with E-state index < -0.39 is 6.10 Å². The minimum atomic E-state index is -0.440.